The van der Waals surface area contributed by atoms with E-state index in [9.17, 15) is 9.59 Å². The number of hydrogen-bond donors (Lipinski definition) is 1. The Morgan fingerprint density at radius 2 is 1.96 bits per heavy atom. The highest BCUT2D eigenvalue weighted by Gasteiger charge is 2.19. The molecule has 0 aromatic carbocycles. The van der Waals surface area contributed by atoms with Gasteiger partial charge in [0, 0.05) is 16.7 Å². The van der Waals surface area contributed by atoms with Crippen LogP contribution in [0.3, 0.4) is 0 Å². The standard InChI is InChI=1S/C18H29NO3S2/c1-12(2)9-14(10-23-11-16(20)22-18(4,5)6)19-17(21)15-8-7-13(3)24-15/h7-8,12,14H,9-11H2,1-6H3,(H,19,21). The van der Waals surface area contributed by atoms with Gasteiger partial charge >= 0.3 is 5.97 Å². The molecule has 136 valence electrons. The second-order valence-electron chi connectivity index (χ2n) is 7.31. The van der Waals surface area contributed by atoms with Crippen molar-refractivity contribution in [2.24, 2.45) is 5.92 Å². The van der Waals surface area contributed by atoms with Gasteiger partial charge in [-0.05, 0) is 52.2 Å². The monoisotopic (exact) mass is 371 g/mol. The van der Waals surface area contributed by atoms with Crippen LogP contribution in [-0.4, -0.2) is 35.0 Å². The van der Waals surface area contributed by atoms with Crippen molar-refractivity contribution in [3.8, 4) is 0 Å². The van der Waals surface area contributed by atoms with Crippen LogP contribution < -0.4 is 5.32 Å². The zero-order valence-electron chi connectivity index (χ0n) is 15.5. The summed E-state index contributed by atoms with van der Waals surface area (Å²) in [5.74, 6) is 1.24. The summed E-state index contributed by atoms with van der Waals surface area (Å²) in [5, 5.41) is 3.10. The predicted molar refractivity (Wildman–Crippen MR) is 103 cm³/mol. The first-order valence-corrected chi connectivity index (χ1v) is 10.2. The van der Waals surface area contributed by atoms with Crippen LogP contribution in [0.1, 0.15) is 55.6 Å². The minimum atomic E-state index is -0.458. The molecular formula is C18H29NO3S2. The molecule has 1 N–H and O–H groups in total. The number of amides is 1. The average molecular weight is 372 g/mol. The Balaban J connectivity index is 2.50. The molecule has 1 aromatic rings. The molecular weight excluding hydrogens is 342 g/mol. The van der Waals surface area contributed by atoms with E-state index >= 15 is 0 Å². The van der Waals surface area contributed by atoms with E-state index in [0.29, 0.717) is 17.4 Å². The molecule has 1 heterocycles. The number of carbonyl (C=O) groups excluding carboxylic acids is 2. The molecule has 1 aromatic heterocycles. The van der Waals surface area contributed by atoms with Gasteiger partial charge in [0.25, 0.3) is 5.91 Å². The van der Waals surface area contributed by atoms with E-state index in [0.717, 1.165) is 16.2 Å². The van der Waals surface area contributed by atoms with Crippen LogP contribution in [0.15, 0.2) is 12.1 Å². The molecule has 4 nitrogen and oxygen atoms in total. The zero-order valence-corrected chi connectivity index (χ0v) is 17.1. The van der Waals surface area contributed by atoms with Crippen LogP contribution in [0.25, 0.3) is 0 Å². The van der Waals surface area contributed by atoms with E-state index in [2.05, 4.69) is 19.2 Å². The van der Waals surface area contributed by atoms with Crippen LogP contribution >= 0.6 is 23.1 Å². The first-order valence-electron chi connectivity index (χ1n) is 8.23. The van der Waals surface area contributed by atoms with Crippen LogP contribution in [0.2, 0.25) is 0 Å². The van der Waals surface area contributed by atoms with Gasteiger partial charge in [-0.3, -0.25) is 9.59 Å². The molecule has 0 spiro atoms. The normalized spacial score (nSPS) is 13.0. The second kappa shape index (κ2) is 9.47. The fraction of sp³-hybridized carbons (Fsp3) is 0.667. The van der Waals surface area contributed by atoms with E-state index < -0.39 is 5.60 Å². The summed E-state index contributed by atoms with van der Waals surface area (Å²) in [7, 11) is 0. The Labute approximate surface area is 153 Å². The molecule has 0 bridgehead atoms. The summed E-state index contributed by atoms with van der Waals surface area (Å²) in [6, 6.07) is 3.86. The molecule has 1 rings (SSSR count). The summed E-state index contributed by atoms with van der Waals surface area (Å²) < 4.78 is 5.31. The van der Waals surface area contributed by atoms with Crippen molar-refractivity contribution >= 4 is 35.0 Å². The first kappa shape index (κ1) is 21.0. The van der Waals surface area contributed by atoms with E-state index in [1.54, 1.807) is 0 Å². The fourth-order valence-electron chi connectivity index (χ4n) is 2.21. The maximum atomic E-state index is 12.3. The van der Waals surface area contributed by atoms with E-state index in [4.69, 9.17) is 4.74 Å². The Bertz CT molecular complexity index is 547. The molecule has 0 saturated carbocycles. The van der Waals surface area contributed by atoms with Crippen molar-refractivity contribution in [2.75, 3.05) is 11.5 Å². The van der Waals surface area contributed by atoms with Gasteiger partial charge in [0.05, 0.1) is 10.6 Å². The number of nitrogens with one attached hydrogen (secondary N) is 1. The molecule has 1 amide bonds. The molecule has 6 heteroatoms. The number of hydrogen-bond acceptors (Lipinski definition) is 5. The third kappa shape index (κ3) is 8.73. The maximum Gasteiger partial charge on any atom is 0.316 e. The van der Waals surface area contributed by atoms with E-state index in [1.807, 2.05) is 39.8 Å². The number of aryl methyl sites for hydroxylation is 1. The fourth-order valence-corrected chi connectivity index (χ4v) is 3.82. The minimum absolute atomic E-state index is 0.0309. The molecule has 1 atom stereocenters. The topological polar surface area (TPSA) is 55.4 Å². The van der Waals surface area contributed by atoms with Gasteiger partial charge in [-0.25, -0.2) is 0 Å². The number of thiophene rings is 1. The highest BCUT2D eigenvalue weighted by Crippen LogP contribution is 2.17. The third-order valence-corrected chi connectivity index (χ3v) is 5.09. The van der Waals surface area contributed by atoms with Crippen molar-refractivity contribution < 1.29 is 14.3 Å². The van der Waals surface area contributed by atoms with Crippen molar-refractivity contribution in [1.29, 1.82) is 0 Å². The highest BCUT2D eigenvalue weighted by molar-refractivity contribution is 7.99. The van der Waals surface area contributed by atoms with Gasteiger partial charge in [0.2, 0.25) is 0 Å². The molecule has 1 unspecified atom stereocenters. The van der Waals surface area contributed by atoms with Gasteiger partial charge in [0.15, 0.2) is 0 Å². The highest BCUT2D eigenvalue weighted by atomic mass is 32.2. The summed E-state index contributed by atoms with van der Waals surface area (Å²) in [4.78, 5) is 26.0. The van der Waals surface area contributed by atoms with Crippen molar-refractivity contribution in [3.63, 3.8) is 0 Å². The van der Waals surface area contributed by atoms with Crippen LogP contribution in [0.4, 0.5) is 0 Å². The molecule has 0 saturated heterocycles. The number of ether oxygens (including phenoxy) is 1. The second-order valence-corrected chi connectivity index (χ2v) is 9.63. The summed E-state index contributed by atoms with van der Waals surface area (Å²) in [6.45, 7) is 11.8. The number of thioether (sulfide) groups is 1. The van der Waals surface area contributed by atoms with Crippen molar-refractivity contribution in [1.82, 2.24) is 5.32 Å². The third-order valence-electron chi connectivity index (χ3n) is 3.01. The Morgan fingerprint density at radius 1 is 1.29 bits per heavy atom. The summed E-state index contributed by atoms with van der Waals surface area (Å²) in [6.07, 6.45) is 0.886. The Morgan fingerprint density at radius 3 is 2.46 bits per heavy atom. The molecule has 0 aliphatic heterocycles. The van der Waals surface area contributed by atoms with Gasteiger partial charge in [-0.2, -0.15) is 0 Å². The van der Waals surface area contributed by atoms with Crippen LogP contribution in [0, 0.1) is 12.8 Å². The van der Waals surface area contributed by atoms with Gasteiger partial charge in [-0.1, -0.05) is 13.8 Å². The average Bonchev–Trinajstić information content (AvgIpc) is 2.82. The predicted octanol–water partition coefficient (Wildman–Crippen LogP) is 4.28. The van der Waals surface area contributed by atoms with Crippen molar-refractivity contribution in [3.05, 3.63) is 21.9 Å². The van der Waals surface area contributed by atoms with Crippen LogP contribution in [-0.2, 0) is 9.53 Å². The SMILES string of the molecule is Cc1ccc(C(=O)NC(CSCC(=O)OC(C)(C)C)CC(C)C)s1. The van der Waals surface area contributed by atoms with E-state index in [-0.39, 0.29) is 17.9 Å². The molecule has 24 heavy (non-hydrogen) atoms. The molecule has 0 aliphatic rings. The molecule has 0 fully saturated rings. The zero-order chi connectivity index (χ0) is 18.3. The summed E-state index contributed by atoms with van der Waals surface area (Å²) in [5.41, 5.74) is -0.458. The lowest BCUT2D eigenvalue weighted by Gasteiger charge is -2.21. The van der Waals surface area contributed by atoms with Crippen molar-refractivity contribution in [2.45, 2.75) is 59.6 Å². The minimum Gasteiger partial charge on any atom is -0.459 e. The quantitative estimate of drug-likeness (QED) is 0.693. The smallest absolute Gasteiger partial charge is 0.316 e. The Kier molecular flexibility index (Phi) is 8.30. The van der Waals surface area contributed by atoms with Crippen LogP contribution in [0.5, 0.6) is 0 Å². The lowest BCUT2D eigenvalue weighted by molar-refractivity contribution is -0.151. The van der Waals surface area contributed by atoms with Gasteiger partial charge in [0.1, 0.15) is 5.60 Å². The number of carbonyl (C=O) groups is 2. The number of rotatable bonds is 8. The summed E-state index contributed by atoms with van der Waals surface area (Å²) >= 11 is 3.01. The lowest BCUT2D eigenvalue weighted by atomic mass is 10.1. The number of esters is 1. The van der Waals surface area contributed by atoms with Gasteiger partial charge < -0.3 is 10.1 Å². The first-order chi connectivity index (χ1) is 11.1. The van der Waals surface area contributed by atoms with Gasteiger partial charge in [-0.15, -0.1) is 23.1 Å². The van der Waals surface area contributed by atoms with E-state index in [1.165, 1.54) is 23.1 Å². The maximum absolute atomic E-state index is 12.3. The molecule has 0 aliphatic carbocycles. The largest absolute Gasteiger partial charge is 0.459 e. The molecule has 0 radical (unpaired) electrons. The Hall–Kier alpha value is -1.01. The lowest BCUT2D eigenvalue weighted by Crippen LogP contribution is -2.37.